The molecule has 2 heterocycles. The number of nitrogens with zero attached hydrogens (tertiary/aromatic N) is 4. The van der Waals surface area contributed by atoms with Gasteiger partial charge in [-0.05, 0) is 30.7 Å². The van der Waals surface area contributed by atoms with Crippen LogP contribution in [-0.4, -0.2) is 66.5 Å². The van der Waals surface area contributed by atoms with Gasteiger partial charge in [-0.25, -0.2) is 9.07 Å². The number of methoxy groups -OCH3 is 1. The SMILES string of the molecule is COc1cc(N)c(-c2cn(-c3ccc(F)c(Cl)c3)nn2)cc1OCCCN1CCOCC1. The first-order chi connectivity index (χ1) is 15.5. The summed E-state index contributed by atoms with van der Waals surface area (Å²) in [4.78, 5) is 2.36. The Labute approximate surface area is 190 Å². The summed E-state index contributed by atoms with van der Waals surface area (Å²) in [6.07, 6.45) is 2.58. The molecule has 0 bridgehead atoms. The monoisotopic (exact) mass is 461 g/mol. The lowest BCUT2D eigenvalue weighted by Crippen LogP contribution is -2.37. The van der Waals surface area contributed by atoms with Crippen molar-refractivity contribution in [2.75, 3.05) is 52.3 Å². The number of halogens is 2. The van der Waals surface area contributed by atoms with Crippen LogP contribution in [-0.2, 0) is 4.74 Å². The maximum absolute atomic E-state index is 13.5. The summed E-state index contributed by atoms with van der Waals surface area (Å²) in [6, 6.07) is 7.84. The molecule has 2 aromatic carbocycles. The highest BCUT2D eigenvalue weighted by Crippen LogP contribution is 2.37. The van der Waals surface area contributed by atoms with E-state index in [1.54, 1.807) is 31.5 Å². The van der Waals surface area contributed by atoms with E-state index in [1.165, 1.54) is 16.8 Å². The quantitative estimate of drug-likeness (QED) is 0.406. The summed E-state index contributed by atoms with van der Waals surface area (Å²) < 4.78 is 31.8. The Bertz CT molecular complexity index is 1070. The first-order valence-electron chi connectivity index (χ1n) is 10.3. The average Bonchev–Trinajstić information content (AvgIpc) is 3.29. The van der Waals surface area contributed by atoms with Gasteiger partial charge in [0, 0.05) is 37.0 Å². The number of nitrogens with two attached hydrogens (primary N) is 1. The van der Waals surface area contributed by atoms with Crippen molar-refractivity contribution >= 4 is 17.3 Å². The number of morpholine rings is 1. The van der Waals surface area contributed by atoms with E-state index in [4.69, 9.17) is 31.5 Å². The Morgan fingerprint density at radius 3 is 2.75 bits per heavy atom. The molecule has 1 saturated heterocycles. The minimum absolute atomic E-state index is 0.0104. The molecule has 0 saturated carbocycles. The minimum Gasteiger partial charge on any atom is -0.493 e. The number of hydrogen-bond acceptors (Lipinski definition) is 7. The Hall–Kier alpha value is -2.88. The number of anilines is 1. The van der Waals surface area contributed by atoms with Gasteiger partial charge >= 0.3 is 0 Å². The molecule has 0 unspecified atom stereocenters. The second kappa shape index (κ2) is 10.2. The van der Waals surface area contributed by atoms with E-state index < -0.39 is 5.82 Å². The summed E-state index contributed by atoms with van der Waals surface area (Å²) in [5.74, 6) is 0.638. The fourth-order valence-corrected chi connectivity index (χ4v) is 3.68. The normalized spacial score (nSPS) is 14.5. The molecular weight excluding hydrogens is 437 g/mol. The molecule has 8 nitrogen and oxygen atoms in total. The second-order valence-electron chi connectivity index (χ2n) is 7.39. The maximum Gasteiger partial charge on any atom is 0.162 e. The third-order valence-electron chi connectivity index (χ3n) is 5.25. The highest BCUT2D eigenvalue weighted by Gasteiger charge is 2.16. The van der Waals surface area contributed by atoms with E-state index in [0.717, 1.165) is 39.3 Å². The predicted molar refractivity (Wildman–Crippen MR) is 120 cm³/mol. The van der Waals surface area contributed by atoms with Crippen molar-refractivity contribution in [3.05, 3.63) is 47.4 Å². The molecule has 2 N–H and O–H groups in total. The zero-order valence-corrected chi connectivity index (χ0v) is 18.5. The van der Waals surface area contributed by atoms with Crippen LogP contribution in [0.1, 0.15) is 6.42 Å². The number of benzene rings is 2. The summed E-state index contributed by atoms with van der Waals surface area (Å²) in [5, 5.41) is 8.34. The van der Waals surface area contributed by atoms with Crippen LogP contribution in [0, 0.1) is 5.82 Å². The van der Waals surface area contributed by atoms with Gasteiger partial charge in [-0.1, -0.05) is 16.8 Å². The lowest BCUT2D eigenvalue weighted by atomic mass is 10.1. The number of aromatic nitrogens is 3. The summed E-state index contributed by atoms with van der Waals surface area (Å²) in [7, 11) is 1.57. The van der Waals surface area contributed by atoms with Gasteiger partial charge in [0.1, 0.15) is 11.5 Å². The van der Waals surface area contributed by atoms with E-state index in [-0.39, 0.29) is 5.02 Å². The Morgan fingerprint density at radius 2 is 2.00 bits per heavy atom. The first-order valence-corrected chi connectivity index (χ1v) is 10.7. The van der Waals surface area contributed by atoms with E-state index >= 15 is 0 Å². The highest BCUT2D eigenvalue weighted by molar-refractivity contribution is 6.30. The fourth-order valence-electron chi connectivity index (χ4n) is 3.51. The van der Waals surface area contributed by atoms with E-state index in [0.29, 0.717) is 40.7 Å². The van der Waals surface area contributed by atoms with E-state index in [9.17, 15) is 4.39 Å². The van der Waals surface area contributed by atoms with Crippen LogP contribution in [0.4, 0.5) is 10.1 Å². The molecular formula is C22H25ClFN5O3. The summed E-state index contributed by atoms with van der Waals surface area (Å²) in [5.41, 5.74) is 8.51. The van der Waals surface area contributed by atoms with Crippen LogP contribution >= 0.6 is 11.6 Å². The molecule has 1 fully saturated rings. The predicted octanol–water partition coefficient (Wildman–Crippen LogP) is 3.42. The van der Waals surface area contributed by atoms with Gasteiger partial charge in [-0.2, -0.15) is 0 Å². The van der Waals surface area contributed by atoms with Crippen LogP contribution in [0.2, 0.25) is 5.02 Å². The van der Waals surface area contributed by atoms with Crippen molar-refractivity contribution in [1.82, 2.24) is 19.9 Å². The molecule has 0 atom stereocenters. The summed E-state index contributed by atoms with van der Waals surface area (Å²) >= 11 is 5.88. The van der Waals surface area contributed by atoms with Gasteiger partial charge in [-0.15, -0.1) is 5.10 Å². The largest absolute Gasteiger partial charge is 0.493 e. The van der Waals surface area contributed by atoms with Crippen LogP contribution in [0.15, 0.2) is 36.5 Å². The number of rotatable bonds is 8. The zero-order valence-electron chi connectivity index (χ0n) is 17.8. The fraction of sp³-hybridized carbons (Fsp3) is 0.364. The van der Waals surface area contributed by atoms with Crippen LogP contribution in [0.3, 0.4) is 0 Å². The van der Waals surface area contributed by atoms with Gasteiger partial charge in [0.05, 0.1) is 43.8 Å². The molecule has 1 aliphatic heterocycles. The van der Waals surface area contributed by atoms with Crippen molar-refractivity contribution in [3.8, 4) is 28.4 Å². The number of hydrogen-bond donors (Lipinski definition) is 1. The molecule has 0 aliphatic carbocycles. The van der Waals surface area contributed by atoms with Gasteiger partial charge in [0.2, 0.25) is 0 Å². The minimum atomic E-state index is -0.495. The third-order valence-corrected chi connectivity index (χ3v) is 5.54. The molecule has 1 aromatic heterocycles. The third kappa shape index (κ3) is 5.12. The van der Waals surface area contributed by atoms with E-state index in [1.807, 2.05) is 0 Å². The molecule has 32 heavy (non-hydrogen) atoms. The lowest BCUT2D eigenvalue weighted by Gasteiger charge is -2.26. The zero-order chi connectivity index (χ0) is 22.5. The molecule has 3 aromatic rings. The van der Waals surface area contributed by atoms with Crippen molar-refractivity contribution in [2.45, 2.75) is 6.42 Å². The molecule has 4 rings (SSSR count). The van der Waals surface area contributed by atoms with E-state index in [2.05, 4.69) is 15.2 Å². The number of nitrogen functional groups attached to an aromatic ring is 1. The number of ether oxygens (including phenoxy) is 3. The summed E-state index contributed by atoms with van der Waals surface area (Å²) in [6.45, 7) is 4.94. The van der Waals surface area contributed by atoms with Gasteiger partial charge in [0.15, 0.2) is 11.5 Å². The van der Waals surface area contributed by atoms with Gasteiger partial charge in [0.25, 0.3) is 0 Å². The van der Waals surface area contributed by atoms with Gasteiger partial charge < -0.3 is 19.9 Å². The molecule has 0 spiro atoms. The van der Waals surface area contributed by atoms with Crippen molar-refractivity contribution in [1.29, 1.82) is 0 Å². The first kappa shape index (κ1) is 22.3. The van der Waals surface area contributed by atoms with Crippen LogP contribution in [0.5, 0.6) is 11.5 Å². The Kier molecular flexibility index (Phi) is 7.09. The van der Waals surface area contributed by atoms with Crippen molar-refractivity contribution in [3.63, 3.8) is 0 Å². The Balaban J connectivity index is 1.49. The van der Waals surface area contributed by atoms with Crippen LogP contribution < -0.4 is 15.2 Å². The molecule has 0 radical (unpaired) electrons. The average molecular weight is 462 g/mol. The topological polar surface area (TPSA) is 87.7 Å². The van der Waals surface area contributed by atoms with Crippen molar-refractivity contribution < 1.29 is 18.6 Å². The standard InChI is InChI=1S/C22H25ClFN5O3/c1-30-21-13-19(25)16(12-22(21)32-8-2-5-28-6-9-31-10-7-28)20-14-29(27-26-20)15-3-4-18(24)17(23)11-15/h3-4,11-14H,2,5-10,25H2,1H3. The molecule has 170 valence electrons. The van der Waals surface area contributed by atoms with Crippen LogP contribution in [0.25, 0.3) is 16.9 Å². The lowest BCUT2D eigenvalue weighted by molar-refractivity contribution is 0.0357. The molecule has 0 amide bonds. The maximum atomic E-state index is 13.5. The molecule has 10 heteroatoms. The van der Waals surface area contributed by atoms with Crippen molar-refractivity contribution in [2.24, 2.45) is 0 Å². The molecule has 1 aliphatic rings. The second-order valence-corrected chi connectivity index (χ2v) is 7.80. The smallest absolute Gasteiger partial charge is 0.162 e. The highest BCUT2D eigenvalue weighted by atomic mass is 35.5. The van der Waals surface area contributed by atoms with Gasteiger partial charge in [-0.3, -0.25) is 4.90 Å². The Morgan fingerprint density at radius 1 is 1.19 bits per heavy atom.